The number of benzene rings is 1. The zero-order valence-corrected chi connectivity index (χ0v) is 11.1. The molecule has 0 unspecified atom stereocenters. The standard InChI is InChI=1S/C12H14BrFO3/c1-2-16-12(15)9-4-5-11(10(14)8-9)17-7-3-6-13/h4-5,8H,2-3,6-7H2,1H3. The first-order valence-corrected chi connectivity index (χ1v) is 6.46. The Balaban J connectivity index is 2.68. The topological polar surface area (TPSA) is 35.5 Å². The molecule has 5 heteroatoms. The molecule has 0 saturated heterocycles. The van der Waals surface area contributed by atoms with E-state index in [1.807, 2.05) is 0 Å². The highest BCUT2D eigenvalue weighted by Crippen LogP contribution is 2.19. The van der Waals surface area contributed by atoms with Crippen LogP contribution in [0.4, 0.5) is 4.39 Å². The van der Waals surface area contributed by atoms with E-state index in [1.165, 1.54) is 12.1 Å². The van der Waals surface area contributed by atoms with Crippen LogP contribution in [0.25, 0.3) is 0 Å². The van der Waals surface area contributed by atoms with Crippen LogP contribution in [0.1, 0.15) is 23.7 Å². The Morgan fingerprint density at radius 1 is 1.47 bits per heavy atom. The van der Waals surface area contributed by atoms with Gasteiger partial charge >= 0.3 is 5.97 Å². The van der Waals surface area contributed by atoms with Gasteiger partial charge in [0.1, 0.15) is 0 Å². The summed E-state index contributed by atoms with van der Waals surface area (Å²) in [6.45, 7) is 2.40. The molecule has 0 aliphatic heterocycles. The number of carbonyl (C=O) groups excluding carboxylic acids is 1. The van der Waals surface area contributed by atoms with E-state index >= 15 is 0 Å². The van der Waals surface area contributed by atoms with Crippen LogP contribution in [-0.4, -0.2) is 24.5 Å². The lowest BCUT2D eigenvalue weighted by molar-refractivity contribution is 0.0525. The lowest BCUT2D eigenvalue weighted by atomic mass is 10.2. The molecule has 0 aromatic heterocycles. The first kappa shape index (κ1) is 14.0. The molecule has 17 heavy (non-hydrogen) atoms. The lowest BCUT2D eigenvalue weighted by Crippen LogP contribution is -2.06. The number of hydrogen-bond donors (Lipinski definition) is 0. The summed E-state index contributed by atoms with van der Waals surface area (Å²) in [5.74, 6) is -0.928. The number of esters is 1. The van der Waals surface area contributed by atoms with Gasteiger partial charge in [0.05, 0.1) is 18.8 Å². The van der Waals surface area contributed by atoms with E-state index in [4.69, 9.17) is 9.47 Å². The van der Waals surface area contributed by atoms with Gasteiger partial charge in [-0.25, -0.2) is 9.18 Å². The van der Waals surface area contributed by atoms with Gasteiger partial charge in [0.15, 0.2) is 11.6 Å². The highest BCUT2D eigenvalue weighted by atomic mass is 79.9. The van der Waals surface area contributed by atoms with Crippen molar-refractivity contribution < 1.29 is 18.7 Å². The fourth-order valence-electron chi connectivity index (χ4n) is 1.20. The van der Waals surface area contributed by atoms with Crippen molar-refractivity contribution in [3.63, 3.8) is 0 Å². The zero-order chi connectivity index (χ0) is 12.7. The van der Waals surface area contributed by atoms with Gasteiger partial charge in [0.2, 0.25) is 0 Å². The molecule has 1 aromatic carbocycles. The first-order valence-electron chi connectivity index (χ1n) is 5.34. The number of halogens is 2. The average molecular weight is 305 g/mol. The molecule has 1 rings (SSSR count). The summed E-state index contributed by atoms with van der Waals surface area (Å²) in [5, 5.41) is 0.801. The maximum Gasteiger partial charge on any atom is 0.338 e. The molecule has 3 nitrogen and oxygen atoms in total. The van der Waals surface area contributed by atoms with Gasteiger partial charge in [-0.2, -0.15) is 0 Å². The third-order valence-corrected chi connectivity index (χ3v) is 2.54. The van der Waals surface area contributed by atoms with Gasteiger partial charge in [-0.3, -0.25) is 0 Å². The minimum Gasteiger partial charge on any atom is -0.490 e. The summed E-state index contributed by atoms with van der Waals surface area (Å²) >= 11 is 3.25. The number of rotatable bonds is 6. The van der Waals surface area contributed by atoms with Gasteiger partial charge in [0.25, 0.3) is 0 Å². The molecule has 0 saturated carbocycles. The van der Waals surface area contributed by atoms with E-state index in [0.29, 0.717) is 6.61 Å². The molecule has 0 amide bonds. The Hall–Kier alpha value is -1.10. The van der Waals surface area contributed by atoms with Gasteiger partial charge in [-0.1, -0.05) is 15.9 Å². The van der Waals surface area contributed by atoms with Crippen LogP contribution >= 0.6 is 15.9 Å². The van der Waals surface area contributed by atoms with Crippen LogP contribution in [-0.2, 0) is 4.74 Å². The fraction of sp³-hybridized carbons (Fsp3) is 0.417. The minimum atomic E-state index is -0.551. The molecule has 0 aliphatic rings. The summed E-state index contributed by atoms with van der Waals surface area (Å²) < 4.78 is 23.5. The van der Waals surface area contributed by atoms with E-state index in [0.717, 1.165) is 17.8 Å². The maximum atomic E-state index is 13.5. The largest absolute Gasteiger partial charge is 0.490 e. The summed E-state index contributed by atoms with van der Waals surface area (Å²) in [5.41, 5.74) is 0.192. The molecular formula is C12H14BrFO3. The highest BCUT2D eigenvalue weighted by molar-refractivity contribution is 9.09. The summed E-state index contributed by atoms with van der Waals surface area (Å²) in [4.78, 5) is 11.3. The Kier molecular flexibility index (Phi) is 5.97. The normalized spacial score (nSPS) is 10.1. The van der Waals surface area contributed by atoms with Crippen LogP contribution in [0.15, 0.2) is 18.2 Å². The SMILES string of the molecule is CCOC(=O)c1ccc(OCCCBr)c(F)c1. The molecule has 0 heterocycles. The third-order valence-electron chi connectivity index (χ3n) is 1.98. The maximum absolute atomic E-state index is 13.5. The number of ether oxygens (including phenoxy) is 2. The Morgan fingerprint density at radius 3 is 2.82 bits per heavy atom. The number of hydrogen-bond acceptors (Lipinski definition) is 3. The average Bonchev–Trinajstić information content (AvgIpc) is 2.31. The van der Waals surface area contributed by atoms with E-state index in [2.05, 4.69) is 15.9 Å². The molecule has 0 radical (unpaired) electrons. The van der Waals surface area contributed by atoms with Crippen molar-refractivity contribution in [2.75, 3.05) is 18.5 Å². The first-order chi connectivity index (χ1) is 8.19. The van der Waals surface area contributed by atoms with Crippen LogP contribution in [0, 0.1) is 5.82 Å². The van der Waals surface area contributed by atoms with Gasteiger partial charge in [-0.15, -0.1) is 0 Å². The van der Waals surface area contributed by atoms with Gasteiger partial charge < -0.3 is 9.47 Å². The van der Waals surface area contributed by atoms with Crippen molar-refractivity contribution in [2.24, 2.45) is 0 Å². The van der Waals surface area contributed by atoms with E-state index in [-0.39, 0.29) is 17.9 Å². The molecule has 0 fully saturated rings. The Morgan fingerprint density at radius 2 is 2.24 bits per heavy atom. The van der Waals surface area contributed by atoms with Crippen molar-refractivity contribution in [1.29, 1.82) is 0 Å². The second-order valence-corrected chi connectivity index (χ2v) is 4.05. The molecule has 1 aromatic rings. The van der Waals surface area contributed by atoms with Crippen molar-refractivity contribution in [2.45, 2.75) is 13.3 Å². The van der Waals surface area contributed by atoms with Crippen molar-refractivity contribution >= 4 is 21.9 Å². The Bertz CT molecular complexity index is 382. The van der Waals surface area contributed by atoms with Gasteiger partial charge in [0, 0.05) is 5.33 Å². The predicted molar refractivity (Wildman–Crippen MR) is 66.3 cm³/mol. The smallest absolute Gasteiger partial charge is 0.338 e. The molecule has 0 aliphatic carbocycles. The Labute approximate surface area is 108 Å². The molecular weight excluding hydrogens is 291 g/mol. The van der Waals surface area contributed by atoms with Crippen LogP contribution in [0.3, 0.4) is 0 Å². The molecule has 0 spiro atoms. The molecule has 0 N–H and O–H groups in total. The van der Waals surface area contributed by atoms with Crippen molar-refractivity contribution in [3.8, 4) is 5.75 Å². The van der Waals surface area contributed by atoms with E-state index in [9.17, 15) is 9.18 Å². The van der Waals surface area contributed by atoms with Crippen LogP contribution in [0.2, 0.25) is 0 Å². The third kappa shape index (κ3) is 4.34. The second kappa shape index (κ2) is 7.27. The monoisotopic (exact) mass is 304 g/mol. The number of alkyl halides is 1. The predicted octanol–water partition coefficient (Wildman–Crippen LogP) is 3.17. The minimum absolute atomic E-state index is 0.152. The van der Waals surface area contributed by atoms with Crippen LogP contribution < -0.4 is 4.74 Å². The number of carbonyl (C=O) groups is 1. The summed E-state index contributed by atoms with van der Waals surface area (Å²) in [6, 6.07) is 4.06. The molecule has 0 bridgehead atoms. The van der Waals surface area contributed by atoms with Crippen LogP contribution in [0.5, 0.6) is 5.75 Å². The zero-order valence-electron chi connectivity index (χ0n) is 9.54. The lowest BCUT2D eigenvalue weighted by Gasteiger charge is -2.07. The summed E-state index contributed by atoms with van der Waals surface area (Å²) in [6.07, 6.45) is 0.791. The van der Waals surface area contributed by atoms with E-state index in [1.54, 1.807) is 6.92 Å². The summed E-state index contributed by atoms with van der Waals surface area (Å²) in [7, 11) is 0. The van der Waals surface area contributed by atoms with Gasteiger partial charge in [-0.05, 0) is 31.5 Å². The second-order valence-electron chi connectivity index (χ2n) is 3.26. The quantitative estimate of drug-likeness (QED) is 0.460. The molecule has 94 valence electrons. The fourth-order valence-corrected chi connectivity index (χ4v) is 1.42. The highest BCUT2D eigenvalue weighted by Gasteiger charge is 2.10. The van der Waals surface area contributed by atoms with E-state index < -0.39 is 11.8 Å². The molecule has 0 atom stereocenters. The van der Waals surface area contributed by atoms with Crippen molar-refractivity contribution in [1.82, 2.24) is 0 Å². The van der Waals surface area contributed by atoms with Crippen molar-refractivity contribution in [3.05, 3.63) is 29.6 Å².